The maximum atomic E-state index is 6.66. The number of hydrogen-bond acceptors (Lipinski definition) is 0. The van der Waals surface area contributed by atoms with E-state index in [1.54, 1.807) is 0 Å². The molecule has 0 aliphatic carbocycles. The van der Waals surface area contributed by atoms with Crippen molar-refractivity contribution in [2.24, 2.45) is 0 Å². The average molecular weight is 313 g/mol. The Morgan fingerprint density at radius 2 is 0.864 bits per heavy atom. The number of rotatable bonds is 2. The van der Waals surface area contributed by atoms with Gasteiger partial charge in [-0.3, -0.25) is 0 Å². The van der Waals surface area contributed by atoms with Gasteiger partial charge >= 0.3 is 6.13 Å². The van der Waals surface area contributed by atoms with Crippen LogP contribution in [0.1, 0.15) is 52.7 Å². The highest BCUT2D eigenvalue weighted by Crippen LogP contribution is 2.22. The minimum atomic E-state index is -0.0944. The number of hydrogen-bond donors (Lipinski definition) is 0. The molecule has 22 heavy (non-hydrogen) atoms. The fraction of sp³-hybridized carbons (Fsp3) is 0.400. The molecular formula is C20H26BCl. The summed E-state index contributed by atoms with van der Waals surface area (Å²) in [5, 5.41) is 0. The van der Waals surface area contributed by atoms with Crippen LogP contribution in [0.2, 0.25) is 0 Å². The van der Waals surface area contributed by atoms with Gasteiger partial charge in [0.15, 0.2) is 0 Å². The number of benzene rings is 2. The highest BCUT2D eigenvalue weighted by atomic mass is 35.5. The summed E-state index contributed by atoms with van der Waals surface area (Å²) in [5.74, 6) is 0. The Hall–Kier alpha value is -1.21. The van der Waals surface area contributed by atoms with E-state index in [4.69, 9.17) is 11.5 Å². The van der Waals surface area contributed by atoms with Crippen molar-refractivity contribution in [3.63, 3.8) is 0 Å². The van der Waals surface area contributed by atoms with E-state index >= 15 is 0 Å². The van der Waals surface area contributed by atoms with Gasteiger partial charge in [-0.15, -0.1) is 0 Å². The minimum Gasteiger partial charge on any atom is -0.182 e. The monoisotopic (exact) mass is 312 g/mol. The molecule has 2 aromatic carbocycles. The topological polar surface area (TPSA) is 0 Å². The van der Waals surface area contributed by atoms with Gasteiger partial charge in [0.05, 0.1) is 0 Å². The van der Waals surface area contributed by atoms with Gasteiger partial charge in [-0.2, -0.15) is 11.5 Å². The summed E-state index contributed by atoms with van der Waals surface area (Å²) in [4.78, 5) is 0. The Balaban J connectivity index is 2.23. The molecule has 0 heterocycles. The highest BCUT2D eigenvalue weighted by Gasteiger charge is 2.20. The Morgan fingerprint density at radius 1 is 0.591 bits per heavy atom. The van der Waals surface area contributed by atoms with Gasteiger partial charge in [-0.05, 0) is 22.0 Å². The molecule has 0 spiro atoms. The van der Waals surface area contributed by atoms with Crippen molar-refractivity contribution < 1.29 is 0 Å². The molecule has 116 valence electrons. The third kappa shape index (κ3) is 3.95. The van der Waals surface area contributed by atoms with Crippen LogP contribution in [0.4, 0.5) is 0 Å². The van der Waals surface area contributed by atoms with Gasteiger partial charge in [0.2, 0.25) is 0 Å². The van der Waals surface area contributed by atoms with Gasteiger partial charge in [-0.1, -0.05) is 101 Å². The fourth-order valence-electron chi connectivity index (χ4n) is 2.50. The molecule has 0 nitrogen and oxygen atoms in total. The normalized spacial score (nSPS) is 12.3. The van der Waals surface area contributed by atoms with E-state index in [1.807, 2.05) is 0 Å². The van der Waals surface area contributed by atoms with E-state index < -0.39 is 0 Å². The first kappa shape index (κ1) is 17.2. The van der Waals surface area contributed by atoms with Crippen LogP contribution < -0.4 is 10.9 Å². The third-order valence-electron chi connectivity index (χ3n) is 4.14. The SMILES string of the molecule is CC(C)(C)c1ccc(B(Cl)c2ccc(C(C)(C)C)cc2)cc1. The molecule has 0 aliphatic heterocycles. The van der Waals surface area contributed by atoms with Crippen LogP contribution >= 0.6 is 11.5 Å². The van der Waals surface area contributed by atoms with Crippen LogP contribution in [0.25, 0.3) is 0 Å². The Kier molecular flexibility index (Phi) is 4.77. The Morgan fingerprint density at radius 3 is 1.09 bits per heavy atom. The van der Waals surface area contributed by atoms with E-state index in [-0.39, 0.29) is 17.0 Å². The molecule has 0 aromatic heterocycles. The van der Waals surface area contributed by atoms with E-state index in [1.165, 1.54) is 11.1 Å². The lowest BCUT2D eigenvalue weighted by Crippen LogP contribution is -2.37. The van der Waals surface area contributed by atoms with E-state index in [0.29, 0.717) is 0 Å². The van der Waals surface area contributed by atoms with Crippen molar-refractivity contribution in [1.29, 1.82) is 0 Å². The Labute approximate surface area is 140 Å². The summed E-state index contributed by atoms with van der Waals surface area (Å²) in [5.41, 5.74) is 5.33. The van der Waals surface area contributed by atoms with Crippen molar-refractivity contribution in [2.45, 2.75) is 52.4 Å². The van der Waals surface area contributed by atoms with Gasteiger partial charge in [-0.25, -0.2) is 0 Å². The summed E-state index contributed by atoms with van der Waals surface area (Å²) in [6.07, 6.45) is -0.0944. The first-order chi connectivity index (χ1) is 10.1. The van der Waals surface area contributed by atoms with Gasteiger partial charge in [0, 0.05) is 0 Å². The van der Waals surface area contributed by atoms with Crippen LogP contribution in [-0.2, 0) is 10.8 Å². The maximum Gasteiger partial charge on any atom is 0.315 e. The lowest BCUT2D eigenvalue weighted by molar-refractivity contribution is 0.590. The Bertz CT molecular complexity index is 555. The molecule has 2 aromatic rings. The van der Waals surface area contributed by atoms with Crippen molar-refractivity contribution >= 4 is 28.5 Å². The lowest BCUT2D eigenvalue weighted by Gasteiger charge is -2.20. The van der Waals surface area contributed by atoms with Gasteiger partial charge < -0.3 is 0 Å². The number of halogens is 1. The van der Waals surface area contributed by atoms with E-state index in [2.05, 4.69) is 90.1 Å². The second kappa shape index (κ2) is 6.12. The molecule has 0 aliphatic rings. The minimum absolute atomic E-state index is 0.0944. The molecule has 0 fully saturated rings. The third-order valence-corrected chi connectivity index (χ3v) is 4.64. The van der Waals surface area contributed by atoms with Gasteiger partial charge in [0.25, 0.3) is 0 Å². The van der Waals surface area contributed by atoms with Crippen molar-refractivity contribution in [3.8, 4) is 0 Å². The molecule has 0 radical (unpaired) electrons. The first-order valence-electron chi connectivity index (χ1n) is 7.94. The smallest absolute Gasteiger partial charge is 0.182 e. The molecule has 2 heteroatoms. The quantitative estimate of drug-likeness (QED) is 0.709. The van der Waals surface area contributed by atoms with E-state index in [9.17, 15) is 0 Å². The predicted molar refractivity (Wildman–Crippen MR) is 101 cm³/mol. The summed E-state index contributed by atoms with van der Waals surface area (Å²) < 4.78 is 0. The van der Waals surface area contributed by atoms with Crippen LogP contribution in [0.5, 0.6) is 0 Å². The molecule has 0 saturated heterocycles. The molecule has 0 unspecified atom stereocenters. The molecule has 2 rings (SSSR count). The summed E-state index contributed by atoms with van der Waals surface area (Å²) in [7, 11) is 0. The zero-order valence-corrected chi connectivity index (χ0v) is 15.3. The van der Waals surface area contributed by atoms with Crippen LogP contribution in [-0.4, -0.2) is 6.13 Å². The molecule has 0 N–H and O–H groups in total. The highest BCUT2D eigenvalue weighted by molar-refractivity contribution is 7.21. The van der Waals surface area contributed by atoms with Crippen LogP contribution in [0, 0.1) is 0 Å². The van der Waals surface area contributed by atoms with Crippen LogP contribution in [0.3, 0.4) is 0 Å². The van der Waals surface area contributed by atoms with E-state index in [0.717, 1.165) is 10.9 Å². The molecular weight excluding hydrogens is 286 g/mol. The molecule has 0 saturated carbocycles. The standard InChI is InChI=1S/C20H26BCl/c1-19(2,3)15-7-11-17(12-8-15)21(22)18-13-9-16(10-14-18)20(4,5)6/h7-14H,1-6H3. The second-order valence-electron chi connectivity index (χ2n) is 8.11. The van der Waals surface area contributed by atoms with Gasteiger partial charge in [0.1, 0.15) is 0 Å². The summed E-state index contributed by atoms with van der Waals surface area (Å²) >= 11 is 6.66. The lowest BCUT2D eigenvalue weighted by atomic mass is 9.61. The zero-order chi connectivity index (χ0) is 16.5. The zero-order valence-electron chi connectivity index (χ0n) is 14.6. The summed E-state index contributed by atoms with van der Waals surface area (Å²) in [6, 6.07) is 17.3. The maximum absolute atomic E-state index is 6.66. The fourth-order valence-corrected chi connectivity index (χ4v) is 2.79. The molecule has 0 amide bonds. The molecule has 0 bridgehead atoms. The van der Waals surface area contributed by atoms with Crippen molar-refractivity contribution in [2.75, 3.05) is 0 Å². The molecule has 0 atom stereocenters. The predicted octanol–water partition coefficient (Wildman–Crippen LogP) is 4.63. The van der Waals surface area contributed by atoms with Crippen LogP contribution in [0.15, 0.2) is 48.5 Å². The largest absolute Gasteiger partial charge is 0.315 e. The first-order valence-corrected chi connectivity index (χ1v) is 8.37. The average Bonchev–Trinajstić information content (AvgIpc) is 2.45. The second-order valence-corrected chi connectivity index (χ2v) is 8.54. The summed E-state index contributed by atoms with van der Waals surface area (Å²) in [6.45, 7) is 13.4. The van der Waals surface area contributed by atoms with Crippen molar-refractivity contribution in [3.05, 3.63) is 59.7 Å². The van der Waals surface area contributed by atoms with Crippen molar-refractivity contribution in [1.82, 2.24) is 0 Å².